The summed E-state index contributed by atoms with van der Waals surface area (Å²) in [6.07, 6.45) is 0. The Balaban J connectivity index is 2.11. The van der Waals surface area contributed by atoms with Crippen LogP contribution in [-0.4, -0.2) is 38.6 Å². The van der Waals surface area contributed by atoms with Crippen LogP contribution in [-0.2, 0) is 16.0 Å². The molecule has 17 heavy (non-hydrogen) atoms. The third-order valence-corrected chi connectivity index (χ3v) is 2.83. The molecule has 0 spiro atoms. The van der Waals surface area contributed by atoms with Gasteiger partial charge >= 0.3 is 0 Å². The molecule has 0 aromatic heterocycles. The molecule has 96 valence electrons. The number of hydrogen-bond donors (Lipinski definition) is 2. The van der Waals surface area contributed by atoms with E-state index < -0.39 is 0 Å². The molecule has 0 aliphatic carbocycles. The van der Waals surface area contributed by atoms with Crippen molar-refractivity contribution in [2.24, 2.45) is 0 Å². The van der Waals surface area contributed by atoms with Gasteiger partial charge in [0.05, 0.1) is 24.3 Å². The summed E-state index contributed by atoms with van der Waals surface area (Å²) < 4.78 is 10.9. The van der Waals surface area contributed by atoms with E-state index in [4.69, 9.17) is 9.47 Å². The molecule has 1 aromatic rings. The Labute approximate surface area is 110 Å². The highest BCUT2D eigenvalue weighted by atomic mass is 79.9. The maximum absolute atomic E-state index is 9.34. The Morgan fingerprint density at radius 1 is 1.29 bits per heavy atom. The predicted octanol–water partition coefficient (Wildman–Crippen LogP) is 1.91. The first-order valence-electron chi connectivity index (χ1n) is 5.49. The molecule has 0 saturated heterocycles. The van der Waals surface area contributed by atoms with E-state index in [0.717, 1.165) is 18.7 Å². The van der Waals surface area contributed by atoms with E-state index in [1.54, 1.807) is 13.2 Å². The predicted molar refractivity (Wildman–Crippen MR) is 70.2 cm³/mol. The number of benzene rings is 1. The first kappa shape index (κ1) is 14.4. The number of nitrogens with one attached hydrogen (secondary N) is 1. The van der Waals surface area contributed by atoms with Crippen molar-refractivity contribution in [2.45, 2.75) is 6.54 Å². The van der Waals surface area contributed by atoms with Gasteiger partial charge in [-0.25, -0.2) is 0 Å². The van der Waals surface area contributed by atoms with Crippen molar-refractivity contribution in [3.05, 3.63) is 28.2 Å². The number of phenols is 1. The van der Waals surface area contributed by atoms with Crippen molar-refractivity contribution >= 4 is 15.9 Å². The van der Waals surface area contributed by atoms with Crippen molar-refractivity contribution in [3.63, 3.8) is 0 Å². The molecular weight excluding hydrogens is 286 g/mol. The maximum atomic E-state index is 9.34. The van der Waals surface area contributed by atoms with E-state index in [-0.39, 0.29) is 5.75 Å². The van der Waals surface area contributed by atoms with Gasteiger partial charge in [-0.15, -0.1) is 0 Å². The normalized spacial score (nSPS) is 10.7. The fraction of sp³-hybridized carbons (Fsp3) is 0.500. The van der Waals surface area contributed by atoms with Gasteiger partial charge in [-0.2, -0.15) is 0 Å². The first-order chi connectivity index (χ1) is 8.24. The molecule has 0 atom stereocenters. The largest absolute Gasteiger partial charge is 0.507 e. The zero-order valence-electron chi connectivity index (χ0n) is 9.91. The van der Waals surface area contributed by atoms with E-state index in [0.29, 0.717) is 24.3 Å². The molecule has 0 bridgehead atoms. The fourth-order valence-electron chi connectivity index (χ4n) is 1.28. The van der Waals surface area contributed by atoms with Crippen molar-refractivity contribution in [3.8, 4) is 5.75 Å². The highest BCUT2D eigenvalue weighted by molar-refractivity contribution is 9.10. The molecule has 0 amide bonds. The number of rotatable bonds is 8. The van der Waals surface area contributed by atoms with Gasteiger partial charge in [0.15, 0.2) is 0 Å². The fourth-order valence-corrected chi connectivity index (χ4v) is 1.71. The van der Waals surface area contributed by atoms with Gasteiger partial charge in [-0.1, -0.05) is 6.07 Å². The van der Waals surface area contributed by atoms with Crippen molar-refractivity contribution in [1.29, 1.82) is 0 Å². The molecule has 0 radical (unpaired) electrons. The lowest BCUT2D eigenvalue weighted by Gasteiger charge is -2.07. The van der Waals surface area contributed by atoms with E-state index >= 15 is 0 Å². The quantitative estimate of drug-likeness (QED) is 0.720. The molecule has 0 heterocycles. The van der Waals surface area contributed by atoms with Crippen molar-refractivity contribution < 1.29 is 14.6 Å². The molecule has 0 unspecified atom stereocenters. The summed E-state index contributed by atoms with van der Waals surface area (Å²) in [5.41, 5.74) is 1.12. The van der Waals surface area contributed by atoms with Gasteiger partial charge in [0, 0.05) is 20.2 Å². The van der Waals surface area contributed by atoms with Crippen LogP contribution >= 0.6 is 15.9 Å². The molecule has 0 fully saturated rings. The summed E-state index contributed by atoms with van der Waals surface area (Å²) in [7, 11) is 1.66. The monoisotopic (exact) mass is 303 g/mol. The second kappa shape index (κ2) is 8.47. The lowest BCUT2D eigenvalue weighted by Crippen LogP contribution is -2.20. The van der Waals surface area contributed by atoms with Gasteiger partial charge in [0.2, 0.25) is 0 Å². The lowest BCUT2D eigenvalue weighted by atomic mass is 10.2. The Morgan fingerprint density at radius 2 is 2.12 bits per heavy atom. The topological polar surface area (TPSA) is 50.7 Å². The first-order valence-corrected chi connectivity index (χ1v) is 6.28. The standard InChI is InChI=1S/C12H18BrNO3/c1-16-6-7-17-5-4-14-9-10-2-3-12(15)11(13)8-10/h2-3,8,14-15H,4-7,9H2,1H3. The maximum Gasteiger partial charge on any atom is 0.129 e. The number of methoxy groups -OCH3 is 1. The van der Waals surface area contributed by atoms with Gasteiger partial charge in [-0.3, -0.25) is 0 Å². The van der Waals surface area contributed by atoms with E-state index in [2.05, 4.69) is 21.2 Å². The van der Waals surface area contributed by atoms with Gasteiger partial charge in [-0.05, 0) is 33.6 Å². The van der Waals surface area contributed by atoms with Crippen LogP contribution in [0.25, 0.3) is 0 Å². The average molecular weight is 304 g/mol. The van der Waals surface area contributed by atoms with Crippen LogP contribution in [0.5, 0.6) is 5.75 Å². The lowest BCUT2D eigenvalue weighted by molar-refractivity contribution is 0.0719. The highest BCUT2D eigenvalue weighted by Gasteiger charge is 1.99. The second-order valence-electron chi connectivity index (χ2n) is 3.57. The number of ether oxygens (including phenoxy) is 2. The number of aromatic hydroxyl groups is 1. The average Bonchev–Trinajstić information content (AvgIpc) is 2.32. The summed E-state index contributed by atoms with van der Waals surface area (Å²) in [5, 5.41) is 12.6. The number of phenolic OH excluding ortho intramolecular Hbond substituents is 1. The zero-order chi connectivity index (χ0) is 12.5. The molecular formula is C12H18BrNO3. The van der Waals surface area contributed by atoms with Crippen LogP contribution in [0.3, 0.4) is 0 Å². The van der Waals surface area contributed by atoms with E-state index in [9.17, 15) is 5.11 Å². The van der Waals surface area contributed by atoms with Crippen LogP contribution < -0.4 is 5.32 Å². The molecule has 1 rings (SSSR count). The summed E-state index contributed by atoms with van der Waals surface area (Å²) in [5.74, 6) is 0.261. The smallest absolute Gasteiger partial charge is 0.129 e. The Bertz CT molecular complexity index is 334. The van der Waals surface area contributed by atoms with Gasteiger partial charge in [0.25, 0.3) is 0 Å². The Kier molecular flexibility index (Phi) is 7.19. The summed E-state index contributed by atoms with van der Waals surface area (Å²) >= 11 is 3.28. The Morgan fingerprint density at radius 3 is 2.82 bits per heavy atom. The van der Waals surface area contributed by atoms with Crippen molar-refractivity contribution in [2.75, 3.05) is 33.5 Å². The van der Waals surface area contributed by atoms with Gasteiger partial charge < -0.3 is 19.9 Å². The van der Waals surface area contributed by atoms with Crippen LogP contribution in [0.1, 0.15) is 5.56 Å². The molecule has 4 nitrogen and oxygen atoms in total. The van der Waals surface area contributed by atoms with E-state index in [1.807, 2.05) is 12.1 Å². The van der Waals surface area contributed by atoms with Crippen LogP contribution in [0.2, 0.25) is 0 Å². The van der Waals surface area contributed by atoms with Crippen molar-refractivity contribution in [1.82, 2.24) is 5.32 Å². The molecule has 0 aliphatic rings. The summed E-state index contributed by atoms with van der Waals surface area (Å²) in [6.45, 7) is 3.48. The minimum absolute atomic E-state index is 0.261. The molecule has 0 aliphatic heterocycles. The molecule has 5 heteroatoms. The third kappa shape index (κ3) is 6.02. The van der Waals surface area contributed by atoms with Crippen LogP contribution in [0.15, 0.2) is 22.7 Å². The third-order valence-electron chi connectivity index (χ3n) is 2.20. The summed E-state index contributed by atoms with van der Waals surface area (Å²) in [4.78, 5) is 0. The number of hydrogen-bond acceptors (Lipinski definition) is 4. The minimum atomic E-state index is 0.261. The van der Waals surface area contributed by atoms with Gasteiger partial charge in [0.1, 0.15) is 5.75 Å². The van der Waals surface area contributed by atoms with Crippen LogP contribution in [0, 0.1) is 0 Å². The number of halogens is 1. The van der Waals surface area contributed by atoms with Crippen LogP contribution in [0.4, 0.5) is 0 Å². The minimum Gasteiger partial charge on any atom is -0.507 e. The zero-order valence-corrected chi connectivity index (χ0v) is 11.5. The molecule has 0 saturated carbocycles. The molecule has 2 N–H and O–H groups in total. The molecule has 1 aromatic carbocycles. The SMILES string of the molecule is COCCOCCNCc1ccc(O)c(Br)c1. The Hall–Kier alpha value is -0.620. The highest BCUT2D eigenvalue weighted by Crippen LogP contribution is 2.23. The second-order valence-corrected chi connectivity index (χ2v) is 4.42. The summed E-state index contributed by atoms with van der Waals surface area (Å²) in [6, 6.07) is 5.46. The van der Waals surface area contributed by atoms with E-state index in [1.165, 1.54) is 0 Å².